The molecule has 0 fully saturated rings. The van der Waals surface area contributed by atoms with Gasteiger partial charge in [-0.05, 0) is 60.9 Å². The van der Waals surface area contributed by atoms with Crippen LogP contribution in [0, 0.1) is 5.82 Å². The number of hydrogen-bond acceptors (Lipinski definition) is 3. The molecule has 0 bridgehead atoms. The van der Waals surface area contributed by atoms with Gasteiger partial charge in [0.1, 0.15) is 5.82 Å². The first-order valence-corrected chi connectivity index (χ1v) is 8.17. The molecule has 1 unspecified atom stereocenters. The molecule has 2 amide bonds. The molecule has 3 N–H and O–H groups in total. The van der Waals surface area contributed by atoms with Crippen LogP contribution in [0.5, 0.6) is 0 Å². The van der Waals surface area contributed by atoms with Crippen molar-refractivity contribution in [1.29, 1.82) is 0 Å². The Morgan fingerprint density at radius 3 is 2.64 bits per heavy atom. The minimum atomic E-state index is -0.490. The number of rotatable bonds is 4. The van der Waals surface area contributed by atoms with Crippen molar-refractivity contribution < 1.29 is 14.0 Å². The summed E-state index contributed by atoms with van der Waals surface area (Å²) in [6.07, 6.45) is 0.721. The third-order valence-corrected chi connectivity index (χ3v) is 4.58. The smallest absolute Gasteiger partial charge is 0.248 e. The summed E-state index contributed by atoms with van der Waals surface area (Å²) in [4.78, 5) is 25.4. The Hall–Kier alpha value is -2.89. The number of nitrogens with one attached hydrogen (secondary N) is 1. The van der Waals surface area contributed by atoms with E-state index in [2.05, 4.69) is 5.32 Å². The van der Waals surface area contributed by atoms with Crippen LogP contribution in [0.15, 0.2) is 42.5 Å². The molecule has 1 aliphatic rings. The summed E-state index contributed by atoms with van der Waals surface area (Å²) < 4.78 is 13.5. The van der Waals surface area contributed by atoms with Crippen LogP contribution in [-0.4, -0.2) is 29.8 Å². The van der Waals surface area contributed by atoms with Crippen LogP contribution in [0.4, 0.5) is 10.1 Å². The monoisotopic (exact) mass is 341 g/mol. The first-order valence-electron chi connectivity index (χ1n) is 8.17. The minimum absolute atomic E-state index is 0.0543. The molecule has 0 spiro atoms. The van der Waals surface area contributed by atoms with Crippen LogP contribution < -0.4 is 11.1 Å². The molecule has 2 aromatic carbocycles. The molecular formula is C19H20FN3O2. The number of amides is 2. The molecule has 0 saturated carbocycles. The van der Waals surface area contributed by atoms with Crippen molar-refractivity contribution in [2.45, 2.75) is 19.4 Å². The van der Waals surface area contributed by atoms with Crippen LogP contribution in [0.3, 0.4) is 0 Å². The predicted molar refractivity (Wildman–Crippen MR) is 93.7 cm³/mol. The lowest BCUT2D eigenvalue weighted by atomic mass is 9.93. The van der Waals surface area contributed by atoms with Gasteiger partial charge >= 0.3 is 0 Å². The van der Waals surface area contributed by atoms with E-state index in [0.29, 0.717) is 12.1 Å². The molecule has 2 aromatic rings. The van der Waals surface area contributed by atoms with E-state index < -0.39 is 5.91 Å². The number of nitrogens with zero attached hydrogens (tertiary/aromatic N) is 1. The standard InChI is InChI=1S/C19H20FN3O2/c1-12-17-10-15(20)5-2-13(17)8-9-23(12)18(24)11-22-16-6-3-14(4-7-16)19(21)25/h2-7,10,12,22H,8-9,11H2,1H3,(H2,21,25). The van der Waals surface area contributed by atoms with Gasteiger partial charge in [-0.3, -0.25) is 9.59 Å². The summed E-state index contributed by atoms with van der Waals surface area (Å²) in [7, 11) is 0. The van der Waals surface area contributed by atoms with E-state index >= 15 is 0 Å². The normalized spacial score (nSPS) is 16.2. The number of carbonyl (C=O) groups excluding carboxylic acids is 2. The summed E-state index contributed by atoms with van der Waals surface area (Å²) >= 11 is 0. The summed E-state index contributed by atoms with van der Waals surface area (Å²) in [5.41, 5.74) is 8.31. The molecule has 1 atom stereocenters. The van der Waals surface area contributed by atoms with Gasteiger partial charge in [0, 0.05) is 17.8 Å². The molecule has 0 aliphatic carbocycles. The van der Waals surface area contributed by atoms with E-state index in [1.165, 1.54) is 12.1 Å². The van der Waals surface area contributed by atoms with Crippen molar-refractivity contribution in [1.82, 2.24) is 4.90 Å². The van der Waals surface area contributed by atoms with Gasteiger partial charge in [0.25, 0.3) is 0 Å². The zero-order chi connectivity index (χ0) is 18.0. The topological polar surface area (TPSA) is 75.4 Å². The lowest BCUT2D eigenvalue weighted by molar-refractivity contribution is -0.131. The Kier molecular flexibility index (Phi) is 4.70. The number of carbonyl (C=O) groups is 2. The number of fused-ring (bicyclic) bond motifs is 1. The molecule has 130 valence electrons. The van der Waals surface area contributed by atoms with Crippen LogP contribution in [-0.2, 0) is 11.2 Å². The SMILES string of the molecule is CC1c2cc(F)ccc2CCN1C(=O)CNc1ccc(C(N)=O)cc1. The Bertz CT molecular complexity index is 805. The fourth-order valence-corrected chi connectivity index (χ4v) is 3.16. The average Bonchev–Trinajstić information content (AvgIpc) is 2.61. The van der Waals surface area contributed by atoms with Gasteiger partial charge in [-0.2, -0.15) is 0 Å². The van der Waals surface area contributed by atoms with Crippen LogP contribution in [0.25, 0.3) is 0 Å². The maximum Gasteiger partial charge on any atom is 0.248 e. The van der Waals surface area contributed by atoms with Crippen molar-refractivity contribution >= 4 is 17.5 Å². The molecule has 1 aliphatic heterocycles. The van der Waals surface area contributed by atoms with Crippen LogP contribution >= 0.6 is 0 Å². The molecule has 1 heterocycles. The van der Waals surface area contributed by atoms with E-state index in [1.54, 1.807) is 35.2 Å². The second kappa shape index (κ2) is 6.93. The van der Waals surface area contributed by atoms with Gasteiger partial charge in [0.2, 0.25) is 11.8 Å². The number of halogens is 1. The number of primary amides is 1. The Balaban J connectivity index is 1.64. The molecule has 0 radical (unpaired) electrons. The molecule has 0 saturated heterocycles. The van der Waals surface area contributed by atoms with Gasteiger partial charge in [-0.25, -0.2) is 4.39 Å². The summed E-state index contributed by atoms with van der Waals surface area (Å²) in [6, 6.07) is 11.2. The predicted octanol–water partition coefficient (Wildman–Crippen LogP) is 2.48. The number of anilines is 1. The second-order valence-corrected chi connectivity index (χ2v) is 6.15. The zero-order valence-corrected chi connectivity index (χ0v) is 14.0. The second-order valence-electron chi connectivity index (χ2n) is 6.15. The van der Waals surface area contributed by atoms with Crippen molar-refractivity contribution in [3.8, 4) is 0 Å². The van der Waals surface area contributed by atoms with Crippen LogP contribution in [0.2, 0.25) is 0 Å². The Morgan fingerprint density at radius 2 is 1.96 bits per heavy atom. The lowest BCUT2D eigenvalue weighted by Gasteiger charge is -2.35. The Labute approximate surface area is 145 Å². The highest BCUT2D eigenvalue weighted by Crippen LogP contribution is 2.30. The maximum atomic E-state index is 13.5. The molecule has 5 nitrogen and oxygen atoms in total. The summed E-state index contributed by atoms with van der Waals surface area (Å²) in [5.74, 6) is -0.829. The molecule has 25 heavy (non-hydrogen) atoms. The van der Waals surface area contributed by atoms with Gasteiger partial charge in [-0.15, -0.1) is 0 Å². The van der Waals surface area contributed by atoms with Crippen LogP contribution in [0.1, 0.15) is 34.5 Å². The zero-order valence-electron chi connectivity index (χ0n) is 14.0. The van der Waals surface area contributed by atoms with Gasteiger partial charge in [-0.1, -0.05) is 6.07 Å². The average molecular weight is 341 g/mol. The highest BCUT2D eigenvalue weighted by molar-refractivity contribution is 5.93. The fraction of sp³-hybridized carbons (Fsp3) is 0.263. The Morgan fingerprint density at radius 1 is 1.24 bits per heavy atom. The minimum Gasteiger partial charge on any atom is -0.376 e. The van der Waals surface area contributed by atoms with Crippen molar-refractivity contribution in [3.05, 3.63) is 65.0 Å². The molecular weight excluding hydrogens is 321 g/mol. The van der Waals surface area contributed by atoms with Gasteiger partial charge < -0.3 is 16.0 Å². The fourth-order valence-electron chi connectivity index (χ4n) is 3.16. The van der Waals surface area contributed by atoms with Gasteiger partial charge in [0.05, 0.1) is 12.6 Å². The molecule has 6 heteroatoms. The third kappa shape index (κ3) is 3.63. The van der Waals surface area contributed by atoms with E-state index in [1.807, 2.05) is 6.92 Å². The first-order chi connectivity index (χ1) is 12.0. The quantitative estimate of drug-likeness (QED) is 0.897. The highest BCUT2D eigenvalue weighted by atomic mass is 19.1. The molecule has 0 aromatic heterocycles. The van der Waals surface area contributed by atoms with Crippen molar-refractivity contribution in [2.75, 3.05) is 18.4 Å². The highest BCUT2D eigenvalue weighted by Gasteiger charge is 2.27. The number of benzene rings is 2. The van der Waals surface area contributed by atoms with E-state index in [4.69, 9.17) is 5.73 Å². The van der Waals surface area contributed by atoms with Crippen molar-refractivity contribution in [2.24, 2.45) is 5.73 Å². The lowest BCUT2D eigenvalue weighted by Crippen LogP contribution is -2.41. The van der Waals surface area contributed by atoms with E-state index in [0.717, 1.165) is 23.2 Å². The van der Waals surface area contributed by atoms with Gasteiger partial charge in [0.15, 0.2) is 0 Å². The maximum absolute atomic E-state index is 13.5. The molecule has 3 rings (SSSR count). The number of nitrogens with two attached hydrogens (primary N) is 1. The first kappa shape index (κ1) is 17.0. The van der Waals surface area contributed by atoms with E-state index in [-0.39, 0.29) is 24.3 Å². The third-order valence-electron chi connectivity index (χ3n) is 4.58. The largest absolute Gasteiger partial charge is 0.376 e. The summed E-state index contributed by atoms with van der Waals surface area (Å²) in [6.45, 7) is 2.66. The van der Waals surface area contributed by atoms with Crippen molar-refractivity contribution in [3.63, 3.8) is 0 Å². The summed E-state index contributed by atoms with van der Waals surface area (Å²) in [5, 5.41) is 3.05. The number of hydrogen-bond donors (Lipinski definition) is 2. The van der Waals surface area contributed by atoms with E-state index in [9.17, 15) is 14.0 Å².